The maximum atomic E-state index is 9.50. The number of hydrogen-bond acceptors (Lipinski definition) is 2. The molecule has 0 unspecified atom stereocenters. The highest BCUT2D eigenvalue weighted by Crippen LogP contribution is 2.25. The number of allylic oxidation sites excluding steroid dienone is 1. The average molecular weight is 459 g/mol. The molecule has 0 aliphatic rings. The van der Waals surface area contributed by atoms with Gasteiger partial charge in [0.05, 0.1) is 11.6 Å². The predicted octanol–water partition coefficient (Wildman–Crippen LogP) is 7.40. The Morgan fingerprint density at radius 2 is 1.81 bits per heavy atom. The standard InChI is InChI=1S/C22H14BrCl2NO/c23-19-7-4-16(5-8-19)18(13-26)10-15-2-1-3-21(11-15)27-14-17-6-9-20(24)12-22(17)25/h1-12H,14H2/b18-10-. The van der Waals surface area contributed by atoms with Crippen molar-refractivity contribution in [3.05, 3.63) is 97.9 Å². The molecule has 0 bridgehead atoms. The molecule has 0 amide bonds. The highest BCUT2D eigenvalue weighted by Gasteiger charge is 2.05. The first-order valence-electron chi connectivity index (χ1n) is 8.10. The van der Waals surface area contributed by atoms with Gasteiger partial charge in [-0.15, -0.1) is 0 Å². The normalized spacial score (nSPS) is 11.1. The van der Waals surface area contributed by atoms with E-state index in [-0.39, 0.29) is 0 Å². The number of rotatable bonds is 5. The molecule has 0 atom stereocenters. The molecule has 2 nitrogen and oxygen atoms in total. The minimum atomic E-state index is 0.334. The van der Waals surface area contributed by atoms with Gasteiger partial charge in [0.1, 0.15) is 12.4 Å². The SMILES string of the molecule is N#C/C(=C/c1cccc(OCc2ccc(Cl)cc2Cl)c1)c1ccc(Br)cc1. The van der Waals surface area contributed by atoms with E-state index in [1.807, 2.05) is 60.7 Å². The van der Waals surface area contributed by atoms with Crippen molar-refractivity contribution >= 4 is 50.8 Å². The largest absolute Gasteiger partial charge is 0.489 e. The summed E-state index contributed by atoms with van der Waals surface area (Å²) < 4.78 is 6.82. The lowest BCUT2D eigenvalue weighted by molar-refractivity contribution is 0.306. The van der Waals surface area contributed by atoms with E-state index in [0.717, 1.165) is 21.2 Å². The lowest BCUT2D eigenvalue weighted by Crippen LogP contribution is -1.96. The minimum Gasteiger partial charge on any atom is -0.489 e. The van der Waals surface area contributed by atoms with Crippen LogP contribution < -0.4 is 4.74 Å². The summed E-state index contributed by atoms with van der Waals surface area (Å²) in [7, 11) is 0. The Labute approximate surface area is 176 Å². The lowest BCUT2D eigenvalue weighted by atomic mass is 10.0. The summed E-state index contributed by atoms with van der Waals surface area (Å²) in [4.78, 5) is 0. The fourth-order valence-corrected chi connectivity index (χ4v) is 3.20. The van der Waals surface area contributed by atoms with Crippen molar-refractivity contribution in [2.24, 2.45) is 0 Å². The number of hydrogen-bond donors (Lipinski definition) is 0. The van der Waals surface area contributed by atoms with Crippen LogP contribution in [0.4, 0.5) is 0 Å². The molecule has 3 rings (SSSR count). The third-order valence-corrected chi connectivity index (χ3v) is 4.97. The van der Waals surface area contributed by atoms with Crippen molar-refractivity contribution in [3.8, 4) is 11.8 Å². The molecule has 3 aromatic rings. The van der Waals surface area contributed by atoms with Crippen molar-refractivity contribution in [1.29, 1.82) is 5.26 Å². The number of ether oxygens (including phenoxy) is 1. The van der Waals surface area contributed by atoms with Gasteiger partial charge in [-0.05, 0) is 53.6 Å². The van der Waals surface area contributed by atoms with Crippen LogP contribution in [0.1, 0.15) is 16.7 Å². The van der Waals surface area contributed by atoms with Crippen LogP contribution >= 0.6 is 39.1 Å². The summed E-state index contributed by atoms with van der Waals surface area (Å²) in [6, 6.07) is 22.8. The van der Waals surface area contributed by atoms with Gasteiger partial charge >= 0.3 is 0 Å². The summed E-state index contributed by atoms with van der Waals surface area (Å²) in [6.45, 7) is 0.334. The molecule has 0 saturated carbocycles. The van der Waals surface area contributed by atoms with E-state index in [1.165, 1.54) is 0 Å². The van der Waals surface area contributed by atoms with Crippen LogP contribution in [0, 0.1) is 11.3 Å². The molecule has 0 radical (unpaired) electrons. The van der Waals surface area contributed by atoms with E-state index in [4.69, 9.17) is 27.9 Å². The van der Waals surface area contributed by atoms with E-state index < -0.39 is 0 Å². The lowest BCUT2D eigenvalue weighted by Gasteiger charge is -2.09. The van der Waals surface area contributed by atoms with Gasteiger partial charge in [0.25, 0.3) is 0 Å². The van der Waals surface area contributed by atoms with Gasteiger partial charge < -0.3 is 4.74 Å². The van der Waals surface area contributed by atoms with E-state index in [1.54, 1.807) is 12.1 Å². The van der Waals surface area contributed by atoms with Crippen molar-refractivity contribution in [2.45, 2.75) is 6.61 Å². The highest BCUT2D eigenvalue weighted by molar-refractivity contribution is 9.10. The van der Waals surface area contributed by atoms with Crippen LogP contribution in [0.3, 0.4) is 0 Å². The van der Waals surface area contributed by atoms with Gasteiger partial charge in [0.15, 0.2) is 0 Å². The van der Waals surface area contributed by atoms with Gasteiger partial charge in [0.2, 0.25) is 0 Å². The van der Waals surface area contributed by atoms with E-state index in [9.17, 15) is 5.26 Å². The second-order valence-corrected chi connectivity index (χ2v) is 7.53. The van der Waals surface area contributed by atoms with E-state index in [0.29, 0.717) is 28.0 Å². The average Bonchev–Trinajstić information content (AvgIpc) is 2.66. The number of benzene rings is 3. The monoisotopic (exact) mass is 457 g/mol. The Kier molecular flexibility index (Phi) is 6.58. The first kappa shape index (κ1) is 19.5. The maximum absolute atomic E-state index is 9.50. The Morgan fingerprint density at radius 1 is 1.04 bits per heavy atom. The van der Waals surface area contributed by atoms with Crippen molar-refractivity contribution in [2.75, 3.05) is 0 Å². The second-order valence-electron chi connectivity index (χ2n) is 5.77. The molecule has 3 aromatic carbocycles. The Hall–Kier alpha value is -2.25. The van der Waals surface area contributed by atoms with E-state index in [2.05, 4.69) is 22.0 Å². The molecule has 0 spiro atoms. The smallest absolute Gasteiger partial charge is 0.120 e. The van der Waals surface area contributed by atoms with Crippen molar-refractivity contribution < 1.29 is 4.74 Å². The fraction of sp³-hybridized carbons (Fsp3) is 0.0455. The molecular weight excluding hydrogens is 445 g/mol. The van der Waals surface area contributed by atoms with Crippen LogP contribution in [0.5, 0.6) is 5.75 Å². The molecule has 0 fully saturated rings. The van der Waals surface area contributed by atoms with Crippen LogP contribution in [-0.4, -0.2) is 0 Å². The van der Waals surface area contributed by atoms with Crippen LogP contribution in [0.2, 0.25) is 10.0 Å². The van der Waals surface area contributed by atoms with Crippen molar-refractivity contribution in [1.82, 2.24) is 0 Å². The highest BCUT2D eigenvalue weighted by atomic mass is 79.9. The first-order chi connectivity index (χ1) is 13.0. The third kappa shape index (κ3) is 5.37. The molecule has 5 heteroatoms. The van der Waals surface area contributed by atoms with Gasteiger partial charge in [-0.1, -0.05) is 69.5 Å². The molecular formula is C22H14BrCl2NO. The fourth-order valence-electron chi connectivity index (χ4n) is 2.47. The van der Waals surface area contributed by atoms with Crippen molar-refractivity contribution in [3.63, 3.8) is 0 Å². The van der Waals surface area contributed by atoms with Crippen LogP contribution in [0.25, 0.3) is 11.6 Å². The number of halogens is 3. The zero-order valence-electron chi connectivity index (χ0n) is 14.1. The first-order valence-corrected chi connectivity index (χ1v) is 9.64. The molecule has 0 saturated heterocycles. The Bertz CT molecular complexity index is 1020. The predicted molar refractivity (Wildman–Crippen MR) is 115 cm³/mol. The van der Waals surface area contributed by atoms with Crippen LogP contribution in [0.15, 0.2) is 71.2 Å². The molecule has 0 N–H and O–H groups in total. The summed E-state index contributed by atoms with van der Waals surface area (Å²) in [6.07, 6.45) is 1.84. The van der Waals surface area contributed by atoms with Crippen LogP contribution in [-0.2, 0) is 6.61 Å². The Balaban J connectivity index is 1.78. The molecule has 0 aromatic heterocycles. The minimum absolute atomic E-state index is 0.334. The Morgan fingerprint density at radius 3 is 2.52 bits per heavy atom. The third-order valence-electron chi connectivity index (χ3n) is 3.85. The summed E-state index contributed by atoms with van der Waals surface area (Å²) in [5.41, 5.74) is 3.18. The zero-order valence-corrected chi connectivity index (χ0v) is 17.2. The van der Waals surface area contributed by atoms with Gasteiger partial charge in [-0.2, -0.15) is 5.26 Å². The molecule has 0 aliphatic heterocycles. The summed E-state index contributed by atoms with van der Waals surface area (Å²) >= 11 is 15.5. The molecule has 27 heavy (non-hydrogen) atoms. The van der Waals surface area contributed by atoms with Gasteiger partial charge in [-0.3, -0.25) is 0 Å². The van der Waals surface area contributed by atoms with Gasteiger partial charge in [-0.25, -0.2) is 0 Å². The second kappa shape index (κ2) is 9.10. The van der Waals surface area contributed by atoms with Gasteiger partial charge in [0, 0.05) is 20.1 Å². The molecule has 134 valence electrons. The number of nitrogens with zero attached hydrogens (tertiary/aromatic N) is 1. The molecule has 0 heterocycles. The zero-order chi connectivity index (χ0) is 19.2. The quantitative estimate of drug-likeness (QED) is 0.294. The van der Waals surface area contributed by atoms with E-state index >= 15 is 0 Å². The molecule has 0 aliphatic carbocycles. The summed E-state index contributed by atoms with van der Waals surface area (Å²) in [5.74, 6) is 0.697. The summed E-state index contributed by atoms with van der Waals surface area (Å²) in [5, 5.41) is 10.7. The number of nitriles is 1. The maximum Gasteiger partial charge on any atom is 0.120 e. The topological polar surface area (TPSA) is 33.0 Å².